The molecule has 2 N–H and O–H groups in total. The van der Waals surface area contributed by atoms with Crippen LogP contribution in [0.25, 0.3) is 0 Å². The Balaban J connectivity index is 0.00000400. The summed E-state index contributed by atoms with van der Waals surface area (Å²) in [6, 6.07) is 0. The van der Waals surface area contributed by atoms with Gasteiger partial charge in [0, 0.05) is 19.6 Å². The molecule has 1 aliphatic heterocycles. The van der Waals surface area contributed by atoms with Gasteiger partial charge in [-0.1, -0.05) is 20.3 Å². The highest BCUT2D eigenvalue weighted by molar-refractivity contribution is 14.0. The Hall–Kier alpha value is -0.0400. The molecule has 0 aromatic rings. The van der Waals surface area contributed by atoms with Crippen LogP contribution in [0, 0.1) is 5.92 Å². The molecule has 5 heteroatoms. The SMILES string of the molecule is CCCCN=C(NCC)NCCC1CCN(CC)CC1.I. The first-order valence-corrected chi connectivity index (χ1v) is 8.54. The molecule has 0 atom stereocenters. The lowest BCUT2D eigenvalue weighted by Gasteiger charge is -2.31. The summed E-state index contributed by atoms with van der Waals surface area (Å²) >= 11 is 0. The third kappa shape index (κ3) is 9.55. The second kappa shape index (κ2) is 13.6. The molecule has 0 aromatic heterocycles. The lowest BCUT2D eigenvalue weighted by molar-refractivity contribution is 0.187. The molecule has 0 bridgehead atoms. The zero-order chi connectivity index (χ0) is 14.6. The van der Waals surface area contributed by atoms with Gasteiger partial charge in [-0.05, 0) is 58.2 Å². The smallest absolute Gasteiger partial charge is 0.191 e. The summed E-state index contributed by atoms with van der Waals surface area (Å²) in [6.45, 7) is 13.3. The first-order valence-electron chi connectivity index (χ1n) is 8.54. The topological polar surface area (TPSA) is 39.7 Å². The van der Waals surface area contributed by atoms with Crippen molar-refractivity contribution in [1.82, 2.24) is 15.5 Å². The van der Waals surface area contributed by atoms with Crippen LogP contribution in [0.2, 0.25) is 0 Å². The molecule has 0 saturated carbocycles. The van der Waals surface area contributed by atoms with E-state index in [0.29, 0.717) is 0 Å². The molecule has 21 heavy (non-hydrogen) atoms. The monoisotopic (exact) mass is 410 g/mol. The number of hydrogen-bond acceptors (Lipinski definition) is 2. The summed E-state index contributed by atoms with van der Waals surface area (Å²) in [4.78, 5) is 7.15. The van der Waals surface area contributed by atoms with Gasteiger partial charge >= 0.3 is 0 Å². The minimum absolute atomic E-state index is 0. The molecular weight excluding hydrogens is 375 g/mol. The Labute approximate surface area is 148 Å². The third-order valence-corrected chi connectivity index (χ3v) is 4.13. The van der Waals surface area contributed by atoms with Gasteiger partial charge in [0.15, 0.2) is 5.96 Å². The van der Waals surface area contributed by atoms with Gasteiger partial charge in [0.25, 0.3) is 0 Å². The van der Waals surface area contributed by atoms with Crippen LogP contribution in [0.4, 0.5) is 0 Å². The van der Waals surface area contributed by atoms with Crippen molar-refractivity contribution in [3.63, 3.8) is 0 Å². The average Bonchev–Trinajstić information content (AvgIpc) is 2.48. The Morgan fingerprint density at radius 1 is 1.14 bits per heavy atom. The summed E-state index contributed by atoms with van der Waals surface area (Å²) in [5.74, 6) is 1.88. The van der Waals surface area contributed by atoms with Crippen LogP contribution in [-0.2, 0) is 0 Å². The first kappa shape index (κ1) is 21.0. The number of hydrogen-bond donors (Lipinski definition) is 2. The molecule has 1 saturated heterocycles. The average molecular weight is 410 g/mol. The minimum Gasteiger partial charge on any atom is -0.357 e. The highest BCUT2D eigenvalue weighted by Crippen LogP contribution is 2.19. The summed E-state index contributed by atoms with van der Waals surface area (Å²) in [7, 11) is 0. The van der Waals surface area contributed by atoms with Crippen molar-refractivity contribution in [2.75, 3.05) is 39.3 Å². The van der Waals surface area contributed by atoms with E-state index in [1.807, 2.05) is 0 Å². The molecule has 0 spiro atoms. The molecule has 0 amide bonds. The molecule has 0 radical (unpaired) electrons. The molecule has 1 rings (SSSR count). The van der Waals surface area contributed by atoms with Crippen LogP contribution in [-0.4, -0.2) is 50.1 Å². The number of likely N-dealkylation sites (tertiary alicyclic amines) is 1. The normalized spacial score (nSPS) is 17.4. The fourth-order valence-corrected chi connectivity index (χ4v) is 2.68. The Morgan fingerprint density at radius 2 is 1.86 bits per heavy atom. The van der Waals surface area contributed by atoms with Crippen molar-refractivity contribution in [2.45, 2.75) is 52.9 Å². The van der Waals surface area contributed by atoms with Crippen molar-refractivity contribution in [3.05, 3.63) is 0 Å². The lowest BCUT2D eigenvalue weighted by Crippen LogP contribution is -2.39. The van der Waals surface area contributed by atoms with Crippen molar-refractivity contribution in [3.8, 4) is 0 Å². The number of guanidine groups is 1. The van der Waals surface area contributed by atoms with Gasteiger partial charge in [-0.2, -0.15) is 0 Å². The number of aliphatic imine (C=N–C) groups is 1. The molecule has 1 aliphatic rings. The second-order valence-electron chi connectivity index (χ2n) is 5.71. The predicted octanol–water partition coefficient (Wildman–Crippen LogP) is 3.08. The molecule has 0 unspecified atom stereocenters. The van der Waals surface area contributed by atoms with E-state index >= 15 is 0 Å². The second-order valence-corrected chi connectivity index (χ2v) is 5.71. The van der Waals surface area contributed by atoms with Crippen LogP contribution in [0.1, 0.15) is 52.9 Å². The van der Waals surface area contributed by atoms with E-state index in [-0.39, 0.29) is 24.0 Å². The van der Waals surface area contributed by atoms with Crippen molar-refractivity contribution in [2.24, 2.45) is 10.9 Å². The third-order valence-electron chi connectivity index (χ3n) is 4.13. The fourth-order valence-electron chi connectivity index (χ4n) is 2.68. The maximum atomic E-state index is 4.60. The van der Waals surface area contributed by atoms with E-state index in [2.05, 4.69) is 41.3 Å². The van der Waals surface area contributed by atoms with Gasteiger partial charge in [-0.15, -0.1) is 24.0 Å². The largest absolute Gasteiger partial charge is 0.357 e. The van der Waals surface area contributed by atoms with Crippen molar-refractivity contribution in [1.29, 1.82) is 0 Å². The molecule has 0 aliphatic carbocycles. The number of nitrogens with zero attached hydrogens (tertiary/aromatic N) is 2. The first-order chi connectivity index (χ1) is 9.80. The molecule has 126 valence electrons. The number of unbranched alkanes of at least 4 members (excludes halogenated alkanes) is 1. The van der Waals surface area contributed by atoms with Gasteiger partial charge in [0.05, 0.1) is 0 Å². The van der Waals surface area contributed by atoms with E-state index in [9.17, 15) is 0 Å². The number of nitrogens with one attached hydrogen (secondary N) is 2. The van der Waals surface area contributed by atoms with Crippen LogP contribution < -0.4 is 10.6 Å². The quantitative estimate of drug-likeness (QED) is 0.280. The van der Waals surface area contributed by atoms with Gasteiger partial charge < -0.3 is 15.5 Å². The number of halogens is 1. The Morgan fingerprint density at radius 3 is 2.43 bits per heavy atom. The molecular formula is C16H35IN4. The maximum Gasteiger partial charge on any atom is 0.191 e. The van der Waals surface area contributed by atoms with E-state index in [1.165, 1.54) is 51.7 Å². The van der Waals surface area contributed by atoms with E-state index in [0.717, 1.165) is 31.5 Å². The number of piperidine rings is 1. The minimum atomic E-state index is 0. The number of rotatable bonds is 8. The van der Waals surface area contributed by atoms with Crippen molar-refractivity contribution >= 4 is 29.9 Å². The fraction of sp³-hybridized carbons (Fsp3) is 0.938. The summed E-state index contributed by atoms with van der Waals surface area (Å²) in [6.07, 6.45) is 6.37. The van der Waals surface area contributed by atoms with Gasteiger partial charge in [0.1, 0.15) is 0 Å². The van der Waals surface area contributed by atoms with Gasteiger partial charge in [-0.3, -0.25) is 4.99 Å². The van der Waals surface area contributed by atoms with E-state index < -0.39 is 0 Å². The van der Waals surface area contributed by atoms with Crippen LogP contribution >= 0.6 is 24.0 Å². The predicted molar refractivity (Wildman–Crippen MR) is 104 cm³/mol. The van der Waals surface area contributed by atoms with Crippen LogP contribution in [0.5, 0.6) is 0 Å². The van der Waals surface area contributed by atoms with Crippen LogP contribution in [0.15, 0.2) is 4.99 Å². The summed E-state index contributed by atoms with van der Waals surface area (Å²) in [5.41, 5.74) is 0. The van der Waals surface area contributed by atoms with Crippen molar-refractivity contribution < 1.29 is 0 Å². The Kier molecular flexibility index (Phi) is 13.6. The molecule has 1 heterocycles. The summed E-state index contributed by atoms with van der Waals surface area (Å²) in [5, 5.41) is 6.80. The van der Waals surface area contributed by atoms with Crippen LogP contribution in [0.3, 0.4) is 0 Å². The molecule has 1 fully saturated rings. The maximum absolute atomic E-state index is 4.60. The Bertz CT molecular complexity index is 263. The zero-order valence-electron chi connectivity index (χ0n) is 14.2. The van der Waals surface area contributed by atoms with E-state index in [1.54, 1.807) is 0 Å². The molecule has 4 nitrogen and oxygen atoms in total. The standard InChI is InChI=1S/C16H34N4.HI/c1-4-7-11-18-16(17-5-2)19-12-8-15-9-13-20(6-3)14-10-15;/h15H,4-14H2,1-3H3,(H2,17,18,19);1H. The summed E-state index contributed by atoms with van der Waals surface area (Å²) < 4.78 is 0. The van der Waals surface area contributed by atoms with Gasteiger partial charge in [-0.25, -0.2) is 0 Å². The van der Waals surface area contributed by atoms with E-state index in [4.69, 9.17) is 0 Å². The highest BCUT2D eigenvalue weighted by atomic mass is 127. The molecule has 0 aromatic carbocycles. The lowest BCUT2D eigenvalue weighted by atomic mass is 9.93. The van der Waals surface area contributed by atoms with Gasteiger partial charge in [0.2, 0.25) is 0 Å². The zero-order valence-corrected chi connectivity index (χ0v) is 16.5. The highest BCUT2D eigenvalue weighted by Gasteiger charge is 2.17.